The van der Waals surface area contributed by atoms with Crippen molar-refractivity contribution in [2.24, 2.45) is 11.5 Å². The Balaban J connectivity index is 1.34. The van der Waals surface area contributed by atoms with Crippen LogP contribution in [0.15, 0.2) is 41.3 Å². The highest BCUT2D eigenvalue weighted by atomic mass is 16.2. The number of rotatable bonds is 7. The number of nitrogens with zero attached hydrogens (tertiary/aromatic N) is 5. The molecule has 1 saturated heterocycles. The van der Waals surface area contributed by atoms with E-state index in [0.29, 0.717) is 44.0 Å². The van der Waals surface area contributed by atoms with E-state index in [1.54, 1.807) is 35.9 Å². The van der Waals surface area contributed by atoms with Gasteiger partial charge in [0.15, 0.2) is 0 Å². The number of piperazine rings is 1. The van der Waals surface area contributed by atoms with Crippen LogP contribution in [-0.4, -0.2) is 86.5 Å². The maximum Gasteiger partial charge on any atom is 0.354 e. The molecule has 5 N–H and O–H groups in total. The molecule has 0 spiro atoms. The molecular weight excluding hydrogens is 484 g/mol. The lowest BCUT2D eigenvalue weighted by atomic mass is 10.1. The molecule has 2 fully saturated rings. The fourth-order valence-corrected chi connectivity index (χ4v) is 5.20. The topological polar surface area (TPSA) is 143 Å². The van der Waals surface area contributed by atoms with Crippen molar-refractivity contribution in [3.05, 3.63) is 52.6 Å². The molecule has 2 atom stereocenters. The molecule has 1 aliphatic carbocycles. The lowest BCUT2D eigenvalue weighted by Crippen LogP contribution is -2.58. The number of nitrogens with one attached hydrogen (secondary N) is 1. The predicted octanol–water partition coefficient (Wildman–Crippen LogP) is 1.35. The molecule has 2 aromatic rings. The molecule has 1 aromatic heterocycles. The summed E-state index contributed by atoms with van der Waals surface area (Å²) in [4.78, 5) is 47.6. The number of carbonyl (C=O) groups is 2. The SMILES string of the molecule is CCN(Cc1ccc(-n2ccc(NC(=O)N3CCN(C(=O)C(C)(C)N)CC3)nc2=O)cc1)C1CCC(N)C1. The van der Waals surface area contributed by atoms with E-state index in [-0.39, 0.29) is 17.8 Å². The average Bonchev–Trinajstić information content (AvgIpc) is 3.33. The smallest absolute Gasteiger partial charge is 0.338 e. The molecule has 2 aliphatic rings. The van der Waals surface area contributed by atoms with Crippen molar-refractivity contribution >= 4 is 17.8 Å². The molecule has 0 radical (unpaired) electrons. The van der Waals surface area contributed by atoms with Gasteiger partial charge in [0.2, 0.25) is 5.91 Å². The first-order valence-corrected chi connectivity index (χ1v) is 13.4. The van der Waals surface area contributed by atoms with Gasteiger partial charge in [-0.25, -0.2) is 9.59 Å². The zero-order chi connectivity index (χ0) is 27.4. The Morgan fingerprint density at radius 2 is 1.74 bits per heavy atom. The van der Waals surface area contributed by atoms with Gasteiger partial charge in [-0.3, -0.25) is 19.6 Å². The highest BCUT2D eigenvalue weighted by Crippen LogP contribution is 2.24. The number of hydrogen-bond acceptors (Lipinski definition) is 7. The van der Waals surface area contributed by atoms with E-state index < -0.39 is 11.2 Å². The van der Waals surface area contributed by atoms with E-state index in [1.165, 1.54) is 10.1 Å². The normalized spacial score (nSPS) is 20.2. The first-order valence-electron chi connectivity index (χ1n) is 13.4. The second-order valence-electron chi connectivity index (χ2n) is 10.9. The molecule has 2 heterocycles. The molecule has 1 aromatic carbocycles. The van der Waals surface area contributed by atoms with Gasteiger partial charge in [0, 0.05) is 51.0 Å². The van der Waals surface area contributed by atoms with Crippen LogP contribution in [0, 0.1) is 0 Å². The van der Waals surface area contributed by atoms with E-state index in [4.69, 9.17) is 11.5 Å². The van der Waals surface area contributed by atoms with Crippen LogP contribution in [-0.2, 0) is 11.3 Å². The van der Waals surface area contributed by atoms with Crippen LogP contribution in [0.25, 0.3) is 5.69 Å². The Hall–Kier alpha value is -3.28. The Morgan fingerprint density at radius 3 is 2.29 bits per heavy atom. The van der Waals surface area contributed by atoms with Gasteiger partial charge in [-0.15, -0.1) is 0 Å². The number of anilines is 1. The van der Waals surface area contributed by atoms with Crippen molar-refractivity contribution in [1.29, 1.82) is 0 Å². The molecule has 11 nitrogen and oxygen atoms in total. The van der Waals surface area contributed by atoms with Crippen molar-refractivity contribution < 1.29 is 9.59 Å². The maximum atomic E-state index is 12.7. The van der Waals surface area contributed by atoms with Crippen LogP contribution in [0.1, 0.15) is 45.6 Å². The summed E-state index contributed by atoms with van der Waals surface area (Å²) >= 11 is 0. The molecule has 3 amide bonds. The molecule has 0 bridgehead atoms. The predicted molar refractivity (Wildman–Crippen MR) is 147 cm³/mol. The maximum absolute atomic E-state index is 12.7. The minimum atomic E-state index is -0.946. The van der Waals surface area contributed by atoms with Gasteiger partial charge < -0.3 is 21.3 Å². The van der Waals surface area contributed by atoms with Crippen LogP contribution in [0.4, 0.5) is 10.6 Å². The largest absolute Gasteiger partial charge is 0.354 e. The monoisotopic (exact) mass is 524 g/mol. The second-order valence-corrected chi connectivity index (χ2v) is 10.9. The lowest BCUT2D eigenvalue weighted by molar-refractivity contribution is -0.137. The van der Waals surface area contributed by atoms with Gasteiger partial charge in [0.25, 0.3) is 0 Å². The van der Waals surface area contributed by atoms with Crippen molar-refractivity contribution in [2.45, 2.75) is 64.2 Å². The first kappa shape index (κ1) is 27.7. The Morgan fingerprint density at radius 1 is 1.08 bits per heavy atom. The number of hydrogen-bond donors (Lipinski definition) is 3. The van der Waals surface area contributed by atoms with Gasteiger partial charge in [0.1, 0.15) is 5.82 Å². The average molecular weight is 525 g/mol. The zero-order valence-electron chi connectivity index (χ0n) is 22.6. The molecule has 1 aliphatic heterocycles. The number of benzene rings is 1. The quantitative estimate of drug-likeness (QED) is 0.496. The Labute approximate surface area is 223 Å². The van der Waals surface area contributed by atoms with Crippen LogP contribution in [0.3, 0.4) is 0 Å². The summed E-state index contributed by atoms with van der Waals surface area (Å²) in [5.74, 6) is 0.0416. The van der Waals surface area contributed by atoms with Gasteiger partial charge in [-0.05, 0) is 63.4 Å². The Bertz CT molecular complexity index is 1180. The number of nitrogens with two attached hydrogens (primary N) is 2. The highest BCUT2D eigenvalue weighted by molar-refractivity contribution is 5.89. The number of urea groups is 1. The summed E-state index contributed by atoms with van der Waals surface area (Å²) in [5, 5.41) is 2.69. The summed E-state index contributed by atoms with van der Waals surface area (Å²) < 4.78 is 1.45. The van der Waals surface area contributed by atoms with Crippen LogP contribution >= 0.6 is 0 Å². The molecule has 4 rings (SSSR count). The van der Waals surface area contributed by atoms with Crippen molar-refractivity contribution in [3.63, 3.8) is 0 Å². The Kier molecular flexibility index (Phi) is 8.49. The van der Waals surface area contributed by atoms with Gasteiger partial charge in [-0.2, -0.15) is 4.98 Å². The fraction of sp³-hybridized carbons (Fsp3) is 0.556. The number of carbonyl (C=O) groups excluding carboxylic acids is 2. The van der Waals surface area contributed by atoms with Gasteiger partial charge >= 0.3 is 11.7 Å². The van der Waals surface area contributed by atoms with E-state index in [1.807, 2.05) is 24.3 Å². The van der Waals surface area contributed by atoms with E-state index in [0.717, 1.165) is 32.4 Å². The third kappa shape index (κ3) is 6.58. The summed E-state index contributed by atoms with van der Waals surface area (Å²) in [6.07, 6.45) is 4.87. The summed E-state index contributed by atoms with van der Waals surface area (Å²) in [6, 6.07) is 9.95. The highest BCUT2D eigenvalue weighted by Gasteiger charge is 2.31. The molecular formula is C27H40N8O3. The number of aromatic nitrogens is 2. The van der Waals surface area contributed by atoms with Crippen LogP contribution in [0.5, 0.6) is 0 Å². The van der Waals surface area contributed by atoms with Crippen molar-refractivity contribution in [1.82, 2.24) is 24.3 Å². The summed E-state index contributed by atoms with van der Waals surface area (Å²) in [6.45, 7) is 8.89. The van der Waals surface area contributed by atoms with Crippen LogP contribution in [0.2, 0.25) is 0 Å². The third-order valence-corrected chi connectivity index (χ3v) is 7.41. The molecule has 11 heteroatoms. The van der Waals surface area contributed by atoms with E-state index >= 15 is 0 Å². The summed E-state index contributed by atoms with van der Waals surface area (Å²) in [7, 11) is 0. The first-order chi connectivity index (χ1) is 18.0. The standard InChI is InChI=1S/C27H40N8O3/c1-4-32(22-10-7-20(28)17-22)18-19-5-8-21(9-6-19)35-12-11-23(31-26(35)38)30-25(37)34-15-13-33(14-16-34)24(36)27(2,3)29/h5-6,8-9,11-12,20,22H,4,7,10,13-18,28-29H2,1-3H3,(H,30,31,37,38). The minimum Gasteiger partial charge on any atom is -0.338 e. The zero-order valence-corrected chi connectivity index (χ0v) is 22.6. The van der Waals surface area contributed by atoms with Gasteiger partial charge in [0.05, 0.1) is 11.2 Å². The molecule has 1 saturated carbocycles. The number of amides is 3. The lowest BCUT2D eigenvalue weighted by Gasteiger charge is -2.37. The second kappa shape index (κ2) is 11.6. The summed E-state index contributed by atoms with van der Waals surface area (Å²) in [5.41, 5.74) is 12.5. The molecule has 38 heavy (non-hydrogen) atoms. The fourth-order valence-electron chi connectivity index (χ4n) is 5.20. The third-order valence-electron chi connectivity index (χ3n) is 7.41. The van der Waals surface area contributed by atoms with Crippen LogP contribution < -0.4 is 22.5 Å². The van der Waals surface area contributed by atoms with E-state index in [9.17, 15) is 14.4 Å². The van der Waals surface area contributed by atoms with Gasteiger partial charge in [-0.1, -0.05) is 19.1 Å². The molecule has 206 valence electrons. The van der Waals surface area contributed by atoms with Crippen molar-refractivity contribution in [3.8, 4) is 5.69 Å². The van der Waals surface area contributed by atoms with Crippen molar-refractivity contribution in [2.75, 3.05) is 38.0 Å². The van der Waals surface area contributed by atoms with E-state index in [2.05, 4.69) is 22.1 Å². The minimum absolute atomic E-state index is 0.142. The molecule has 2 unspecified atom stereocenters.